The molecule has 0 atom stereocenters. The molecular formula is C42H28ClN5OS2. The molecule has 0 bridgehead atoms. The van der Waals surface area contributed by atoms with Crippen LogP contribution in [0.4, 0.5) is 0 Å². The smallest absolute Gasteiger partial charge is 0.175 e. The van der Waals surface area contributed by atoms with Gasteiger partial charge in [0.2, 0.25) is 0 Å². The Bertz CT molecular complexity index is 2970. The Morgan fingerprint density at radius 1 is 0.686 bits per heavy atom. The third kappa shape index (κ3) is 5.40. The maximum Gasteiger partial charge on any atom is 0.175 e. The van der Waals surface area contributed by atoms with Crippen LogP contribution in [-0.4, -0.2) is 32.0 Å². The Kier molecular flexibility index (Phi) is 7.54. The van der Waals surface area contributed by atoms with Crippen LogP contribution in [0.15, 0.2) is 115 Å². The van der Waals surface area contributed by atoms with Crippen LogP contribution < -0.4 is 4.74 Å². The number of benzene rings is 5. The average molecular weight is 718 g/mol. The summed E-state index contributed by atoms with van der Waals surface area (Å²) in [5.41, 5.74) is 10.7. The molecule has 246 valence electrons. The van der Waals surface area contributed by atoms with Gasteiger partial charge in [0.25, 0.3) is 0 Å². The molecule has 3 N–H and O–H groups in total. The van der Waals surface area contributed by atoms with Crippen molar-refractivity contribution < 1.29 is 4.74 Å². The van der Waals surface area contributed by atoms with Crippen molar-refractivity contribution in [2.24, 2.45) is 0 Å². The summed E-state index contributed by atoms with van der Waals surface area (Å²) in [6.07, 6.45) is 0. The van der Waals surface area contributed by atoms with Crippen molar-refractivity contribution in [1.29, 1.82) is 0 Å². The molecule has 0 saturated heterocycles. The van der Waals surface area contributed by atoms with Crippen molar-refractivity contribution in [3.63, 3.8) is 0 Å². The van der Waals surface area contributed by atoms with Crippen LogP contribution in [0.5, 0.6) is 5.75 Å². The standard InChI is InChI=1S/C42H28ClN5OS2/c1-22-8-17-32-31(18-22)34(37(44-32)24-6-4-3-5-7-24)38-36-39(47-42(51)48-41(36)50)35-30(27-10-9-26-20-29(49-2)16-13-25(26)19-27)21-33(45-40(35)46-38)23-11-14-28(43)15-12-23/h3-21,44H,1-2H3,(H2,47,48,50,51). The predicted octanol–water partition coefficient (Wildman–Crippen LogP) is 12.2. The predicted molar refractivity (Wildman–Crippen MR) is 215 cm³/mol. The van der Waals surface area contributed by atoms with Gasteiger partial charge in [-0.2, -0.15) is 0 Å². The van der Waals surface area contributed by atoms with Gasteiger partial charge < -0.3 is 19.7 Å². The van der Waals surface area contributed by atoms with Gasteiger partial charge in [-0.1, -0.05) is 96.1 Å². The van der Waals surface area contributed by atoms with Crippen LogP contribution in [0, 0.1) is 16.3 Å². The quantitative estimate of drug-likeness (QED) is 0.122. The van der Waals surface area contributed by atoms with Gasteiger partial charge in [-0.05, 0) is 95.1 Å². The number of ether oxygens (including phenoxy) is 1. The number of rotatable bonds is 5. The molecule has 4 aromatic heterocycles. The van der Waals surface area contributed by atoms with E-state index in [2.05, 4.69) is 82.5 Å². The number of nitrogens with one attached hydrogen (secondary N) is 3. The lowest BCUT2D eigenvalue weighted by Gasteiger charge is -2.16. The van der Waals surface area contributed by atoms with Crippen LogP contribution in [0.2, 0.25) is 5.02 Å². The van der Waals surface area contributed by atoms with Crippen LogP contribution in [0.3, 0.4) is 0 Å². The highest BCUT2D eigenvalue weighted by molar-refractivity contribution is 7.72. The first kappa shape index (κ1) is 31.3. The van der Waals surface area contributed by atoms with Crippen molar-refractivity contribution in [2.45, 2.75) is 6.92 Å². The first-order chi connectivity index (χ1) is 24.8. The van der Waals surface area contributed by atoms with E-state index in [-0.39, 0.29) is 0 Å². The number of pyridine rings is 2. The molecule has 0 aliphatic heterocycles. The molecule has 51 heavy (non-hydrogen) atoms. The summed E-state index contributed by atoms with van der Waals surface area (Å²) in [6.45, 7) is 2.10. The molecule has 0 unspecified atom stereocenters. The summed E-state index contributed by atoms with van der Waals surface area (Å²) in [4.78, 5) is 21.1. The van der Waals surface area contributed by atoms with E-state index in [4.69, 9.17) is 50.7 Å². The van der Waals surface area contributed by atoms with E-state index >= 15 is 0 Å². The first-order valence-corrected chi connectivity index (χ1v) is 17.6. The van der Waals surface area contributed by atoms with Gasteiger partial charge >= 0.3 is 0 Å². The summed E-state index contributed by atoms with van der Waals surface area (Å²) in [5, 5.41) is 5.43. The molecular weight excluding hydrogens is 690 g/mol. The molecule has 0 saturated carbocycles. The molecule has 9 aromatic rings. The maximum atomic E-state index is 6.32. The number of fused-ring (bicyclic) bond motifs is 5. The Hall–Kier alpha value is -5.67. The van der Waals surface area contributed by atoms with Crippen molar-refractivity contribution in [3.8, 4) is 50.6 Å². The number of hydrogen-bond donors (Lipinski definition) is 3. The maximum absolute atomic E-state index is 6.32. The second-order valence-electron chi connectivity index (χ2n) is 12.6. The second kappa shape index (κ2) is 12.3. The third-order valence-corrected chi connectivity index (χ3v) is 10.2. The fraction of sp³-hybridized carbons (Fsp3) is 0.0476. The Morgan fingerprint density at radius 3 is 2.25 bits per heavy atom. The summed E-state index contributed by atoms with van der Waals surface area (Å²) in [6, 6.07) is 39.0. The summed E-state index contributed by atoms with van der Waals surface area (Å²) in [5.74, 6) is 0.807. The highest BCUT2D eigenvalue weighted by atomic mass is 35.5. The lowest BCUT2D eigenvalue weighted by atomic mass is 9.94. The first-order valence-electron chi connectivity index (χ1n) is 16.4. The van der Waals surface area contributed by atoms with Crippen LogP contribution in [0.25, 0.3) is 88.5 Å². The highest BCUT2D eigenvalue weighted by Gasteiger charge is 2.24. The molecule has 0 fully saturated rings. The van der Waals surface area contributed by atoms with E-state index in [1.54, 1.807) is 7.11 Å². The lowest BCUT2D eigenvalue weighted by molar-refractivity contribution is 0.415. The summed E-state index contributed by atoms with van der Waals surface area (Å²) in [7, 11) is 1.68. The number of aryl methyl sites for hydroxylation is 1. The van der Waals surface area contributed by atoms with Gasteiger partial charge in [0.05, 0.1) is 40.5 Å². The van der Waals surface area contributed by atoms with E-state index in [1.165, 1.54) is 0 Å². The van der Waals surface area contributed by atoms with Gasteiger partial charge in [0.1, 0.15) is 10.4 Å². The van der Waals surface area contributed by atoms with Gasteiger partial charge in [-0.3, -0.25) is 0 Å². The number of nitrogens with zero attached hydrogens (tertiary/aromatic N) is 2. The number of aromatic amines is 3. The zero-order chi connectivity index (χ0) is 34.8. The Balaban J connectivity index is 1.44. The van der Waals surface area contributed by atoms with Gasteiger partial charge in [0, 0.05) is 27.1 Å². The minimum atomic E-state index is 0.419. The summed E-state index contributed by atoms with van der Waals surface area (Å²) < 4.78 is 6.41. The van der Waals surface area contributed by atoms with Crippen molar-refractivity contribution >= 4 is 79.6 Å². The van der Waals surface area contributed by atoms with Gasteiger partial charge in [-0.25, -0.2) is 9.97 Å². The topological polar surface area (TPSA) is 82.4 Å². The molecule has 5 aromatic carbocycles. The second-order valence-corrected chi connectivity index (χ2v) is 13.9. The normalized spacial score (nSPS) is 11.6. The number of H-pyrrole nitrogens is 3. The molecule has 9 heteroatoms. The van der Waals surface area contributed by atoms with Gasteiger partial charge in [0.15, 0.2) is 10.4 Å². The fourth-order valence-electron chi connectivity index (χ4n) is 6.99. The van der Waals surface area contributed by atoms with Crippen LogP contribution >= 0.6 is 36.0 Å². The van der Waals surface area contributed by atoms with Crippen molar-refractivity contribution in [3.05, 3.63) is 135 Å². The van der Waals surface area contributed by atoms with Crippen LogP contribution in [-0.2, 0) is 0 Å². The van der Waals surface area contributed by atoms with Gasteiger partial charge in [-0.15, -0.1) is 0 Å². The van der Waals surface area contributed by atoms with E-state index in [0.29, 0.717) is 25.8 Å². The SMILES string of the molecule is COc1ccc2cc(-c3cc(-c4ccc(Cl)cc4)nc4nc(-c5c(-c6ccccc6)[nH]c6ccc(C)cc56)c5c(=S)[nH]c(=S)[nH]c5c34)ccc2c1. The average Bonchev–Trinajstić information content (AvgIpc) is 3.52. The Labute approximate surface area is 307 Å². The molecule has 0 aliphatic carbocycles. The molecule has 0 amide bonds. The minimum Gasteiger partial charge on any atom is -0.497 e. The zero-order valence-electron chi connectivity index (χ0n) is 27.5. The molecule has 4 heterocycles. The zero-order valence-corrected chi connectivity index (χ0v) is 29.9. The minimum absolute atomic E-state index is 0.419. The fourth-order valence-corrected chi connectivity index (χ4v) is 7.68. The Morgan fingerprint density at radius 2 is 1.45 bits per heavy atom. The number of halogens is 1. The monoisotopic (exact) mass is 717 g/mol. The molecule has 0 aliphatic rings. The largest absolute Gasteiger partial charge is 0.497 e. The van der Waals surface area contributed by atoms with E-state index < -0.39 is 0 Å². The number of aromatic nitrogens is 5. The summed E-state index contributed by atoms with van der Waals surface area (Å²) >= 11 is 18.2. The van der Waals surface area contributed by atoms with E-state index in [1.807, 2.05) is 54.6 Å². The molecule has 0 radical (unpaired) electrons. The number of hydrogen-bond acceptors (Lipinski definition) is 5. The van der Waals surface area contributed by atoms with E-state index in [0.717, 1.165) is 88.5 Å². The highest BCUT2D eigenvalue weighted by Crippen LogP contribution is 2.44. The van der Waals surface area contributed by atoms with Crippen molar-refractivity contribution in [1.82, 2.24) is 24.9 Å². The van der Waals surface area contributed by atoms with Crippen LogP contribution in [0.1, 0.15) is 5.56 Å². The molecule has 9 rings (SSSR count). The van der Waals surface area contributed by atoms with Crippen molar-refractivity contribution in [2.75, 3.05) is 7.11 Å². The number of methoxy groups -OCH3 is 1. The lowest BCUT2D eigenvalue weighted by Crippen LogP contribution is -2.00. The molecule has 0 spiro atoms. The molecule has 6 nitrogen and oxygen atoms in total. The third-order valence-electron chi connectivity index (χ3n) is 9.40. The van der Waals surface area contributed by atoms with E-state index in [9.17, 15) is 0 Å².